The van der Waals surface area contributed by atoms with Crippen LogP contribution in [0.2, 0.25) is 5.15 Å². The molecule has 3 aliphatic heterocycles. The number of aromatic nitrogens is 4. The molecule has 2 aromatic heterocycles. The van der Waals surface area contributed by atoms with Crippen molar-refractivity contribution in [2.24, 2.45) is 27.4 Å². The van der Waals surface area contributed by atoms with Gasteiger partial charge < -0.3 is 20.9 Å². The molecule has 0 spiro atoms. The summed E-state index contributed by atoms with van der Waals surface area (Å²) in [6.45, 7) is 4.65. The van der Waals surface area contributed by atoms with E-state index in [0.717, 1.165) is 39.1 Å². The fourth-order valence-corrected chi connectivity index (χ4v) is 9.24. The average molecular weight is 907 g/mol. The first-order chi connectivity index (χ1) is 28.6. The first-order valence-corrected chi connectivity index (χ1v) is 21.7. The number of hydrogen-bond donors (Lipinski definition) is 2. The van der Waals surface area contributed by atoms with Crippen molar-refractivity contribution >= 4 is 67.4 Å². The number of benzene rings is 2. The number of ether oxygens (including phenoxy) is 2. The molecule has 0 radical (unpaired) electrons. The van der Waals surface area contributed by atoms with Crippen LogP contribution in [0.5, 0.6) is 5.88 Å². The van der Waals surface area contributed by atoms with Crippen molar-refractivity contribution in [2.45, 2.75) is 24.9 Å². The lowest BCUT2D eigenvalue weighted by molar-refractivity contribution is -0.0514. The van der Waals surface area contributed by atoms with Gasteiger partial charge in [0.1, 0.15) is 39.3 Å². The van der Waals surface area contributed by atoms with Crippen LogP contribution in [0.15, 0.2) is 71.2 Å². The second kappa shape index (κ2) is 17.3. The van der Waals surface area contributed by atoms with Crippen LogP contribution in [0.4, 0.5) is 17.6 Å². The molecule has 0 bridgehead atoms. The largest absolute Gasteiger partial charge is 0.476 e. The molecule has 0 aliphatic carbocycles. The Kier molecular flexibility index (Phi) is 12.7. The Bertz CT molecular complexity index is 2670. The lowest BCUT2D eigenvalue weighted by atomic mass is 9.92. The number of rotatable bonds is 9. The minimum absolute atomic E-state index is 0.0153. The third-order valence-corrected chi connectivity index (χ3v) is 13.9. The van der Waals surface area contributed by atoms with Gasteiger partial charge in [0.15, 0.2) is 11.7 Å². The zero-order valence-electron chi connectivity index (χ0n) is 32.9. The number of hydrogen-bond acceptors (Lipinski definition) is 14. The van der Waals surface area contributed by atoms with E-state index in [1.54, 1.807) is 0 Å². The molecular formula is C38H39ClF4N10O6S2. The minimum Gasteiger partial charge on any atom is -0.476 e. The van der Waals surface area contributed by atoms with Crippen LogP contribution < -0.4 is 16.2 Å². The van der Waals surface area contributed by atoms with Crippen LogP contribution in [-0.4, -0.2) is 103 Å². The third kappa shape index (κ3) is 10.1. The molecular weight excluding hydrogens is 868 g/mol. The Morgan fingerprint density at radius 2 is 1.25 bits per heavy atom. The highest BCUT2D eigenvalue weighted by molar-refractivity contribution is 7.90. The van der Waals surface area contributed by atoms with Gasteiger partial charge >= 0.3 is 0 Å². The second-order valence-corrected chi connectivity index (χ2v) is 19.0. The summed E-state index contributed by atoms with van der Waals surface area (Å²) in [5.74, 6) is -3.65. The van der Waals surface area contributed by atoms with Crippen LogP contribution in [0.25, 0.3) is 23.8 Å². The van der Waals surface area contributed by atoms with Crippen LogP contribution >= 0.6 is 11.6 Å². The summed E-state index contributed by atoms with van der Waals surface area (Å²) in [5.41, 5.74) is 8.98. The predicted octanol–water partition coefficient (Wildman–Crippen LogP) is 4.46. The van der Waals surface area contributed by atoms with E-state index in [4.69, 9.17) is 32.5 Å². The molecule has 61 heavy (non-hydrogen) atoms. The number of nitrogens with two attached hydrogens (primary N) is 2. The number of sulfonamides is 2. The molecule has 1 fully saturated rings. The monoisotopic (exact) mass is 906 g/mol. The van der Waals surface area contributed by atoms with E-state index in [2.05, 4.69) is 29.9 Å². The summed E-state index contributed by atoms with van der Waals surface area (Å²) in [6, 6.07) is 7.63. The molecule has 1 saturated heterocycles. The molecule has 2 atom stereocenters. The Balaban J connectivity index is 0.000000207. The maximum Gasteiger partial charge on any atom is 0.239 e. The lowest BCUT2D eigenvalue weighted by Gasteiger charge is -2.34. The zero-order chi connectivity index (χ0) is 44.5. The van der Waals surface area contributed by atoms with Crippen molar-refractivity contribution in [3.63, 3.8) is 0 Å². The van der Waals surface area contributed by atoms with Gasteiger partial charge in [0.25, 0.3) is 0 Å². The summed E-state index contributed by atoms with van der Waals surface area (Å²) >= 11 is 5.63. The molecule has 5 heterocycles. The van der Waals surface area contributed by atoms with E-state index < -0.39 is 65.9 Å². The summed E-state index contributed by atoms with van der Waals surface area (Å²) in [6.07, 6.45) is 7.19. The quantitative estimate of drug-likeness (QED) is 0.223. The van der Waals surface area contributed by atoms with Gasteiger partial charge in [-0.15, -0.1) is 0 Å². The molecule has 0 amide bonds. The van der Waals surface area contributed by atoms with Gasteiger partial charge in [-0.1, -0.05) is 23.7 Å². The van der Waals surface area contributed by atoms with Crippen molar-refractivity contribution in [3.8, 4) is 5.88 Å². The molecule has 324 valence electrons. The van der Waals surface area contributed by atoms with Crippen LogP contribution in [0, 0.1) is 17.6 Å². The number of guanidine groups is 2. The molecule has 0 saturated carbocycles. The predicted molar refractivity (Wildman–Crippen MR) is 221 cm³/mol. The SMILES string of the molecule is CN1C(N)=N[C@](C)(c2cc(/C=C(\F)c3cnc(Cl)cn3)ccc2F)CS1(=O)=O.CN1C(N)=N[C@](C)(c2cc(/C=C(\F)c3cnc(OCC4COC4)cn3)ccc2F)CS1(=O)=O. The zero-order valence-corrected chi connectivity index (χ0v) is 35.3. The highest BCUT2D eigenvalue weighted by atomic mass is 35.5. The van der Waals surface area contributed by atoms with Crippen molar-refractivity contribution in [3.05, 3.63) is 112 Å². The number of aliphatic imine (C=N–C) groups is 2. The van der Waals surface area contributed by atoms with Crippen molar-refractivity contribution in [2.75, 3.05) is 45.4 Å². The Morgan fingerprint density at radius 3 is 1.62 bits per heavy atom. The summed E-state index contributed by atoms with van der Waals surface area (Å²) in [7, 11) is -5.02. The normalized spacial score (nSPS) is 22.6. The lowest BCUT2D eigenvalue weighted by Crippen LogP contribution is -2.50. The standard InChI is InChI=1S/C21H23F2N5O4S.C17H16ClF2N5O2S/c1-21(12-33(29,30)28(2)20(24)27-21)15-5-13(3-4-16(15)22)6-17(23)18-7-26-19(8-25-18)32-11-14-9-31-10-14;1-17(9-28(26,27)25(2)16(21)24-17)11-5-10(3-4-12(11)19)6-13(20)14-7-23-15(18)8-22-14/h3-8,14H,9-12H2,1-2H3,(H2,24,27);3-8H,9H2,1-2H3,(H2,21,24)/b17-6-;13-6-/t21-;17-/m00/s1. The summed E-state index contributed by atoms with van der Waals surface area (Å²) in [4.78, 5) is 24.0. The van der Waals surface area contributed by atoms with Gasteiger partial charge in [0.2, 0.25) is 37.8 Å². The minimum atomic E-state index is -3.79. The number of halogens is 5. The molecule has 23 heteroatoms. The third-order valence-electron chi connectivity index (χ3n) is 9.77. The summed E-state index contributed by atoms with van der Waals surface area (Å²) in [5, 5.41) is 0.118. The highest BCUT2D eigenvalue weighted by Gasteiger charge is 2.43. The van der Waals surface area contributed by atoms with E-state index in [9.17, 15) is 34.4 Å². The van der Waals surface area contributed by atoms with Crippen LogP contribution in [0.3, 0.4) is 0 Å². The van der Waals surface area contributed by atoms with E-state index in [0.29, 0.717) is 31.3 Å². The topological polar surface area (TPSA) is 222 Å². The van der Waals surface area contributed by atoms with Gasteiger partial charge in [-0.2, -0.15) is 0 Å². The molecule has 3 aliphatic rings. The molecule has 0 unspecified atom stereocenters. The highest BCUT2D eigenvalue weighted by Crippen LogP contribution is 2.36. The van der Waals surface area contributed by atoms with E-state index in [1.165, 1.54) is 70.8 Å². The van der Waals surface area contributed by atoms with Crippen molar-refractivity contribution in [1.29, 1.82) is 0 Å². The first-order valence-electron chi connectivity index (χ1n) is 18.1. The molecule has 7 rings (SSSR count). The van der Waals surface area contributed by atoms with Crippen LogP contribution in [-0.2, 0) is 35.9 Å². The van der Waals surface area contributed by atoms with Gasteiger partial charge in [0.05, 0.1) is 56.1 Å². The Labute approximate surface area is 353 Å². The Hall–Kier alpha value is -5.71. The van der Waals surface area contributed by atoms with Gasteiger partial charge in [-0.3, -0.25) is 0 Å². The van der Waals surface area contributed by atoms with E-state index in [-0.39, 0.29) is 51.0 Å². The fourth-order valence-electron chi connectivity index (χ4n) is 6.24. The van der Waals surface area contributed by atoms with E-state index in [1.807, 2.05) is 0 Å². The Morgan fingerprint density at radius 1 is 0.787 bits per heavy atom. The van der Waals surface area contributed by atoms with Crippen molar-refractivity contribution < 1.29 is 43.9 Å². The fraction of sp³-hybridized carbons (Fsp3) is 0.316. The first kappa shape index (κ1) is 44.8. The van der Waals surface area contributed by atoms with Gasteiger partial charge in [0, 0.05) is 31.1 Å². The van der Waals surface area contributed by atoms with Gasteiger partial charge in [-0.05, 0) is 61.4 Å². The van der Waals surface area contributed by atoms with Gasteiger partial charge in [-0.25, -0.2) is 72.9 Å². The molecule has 4 aromatic rings. The number of nitrogens with zero attached hydrogens (tertiary/aromatic N) is 8. The smallest absolute Gasteiger partial charge is 0.239 e. The molecule has 2 aromatic carbocycles. The van der Waals surface area contributed by atoms with Crippen LogP contribution in [0.1, 0.15) is 47.5 Å². The summed E-state index contributed by atoms with van der Waals surface area (Å²) < 4.78 is 120. The maximum atomic E-state index is 14.8. The van der Waals surface area contributed by atoms with Crippen molar-refractivity contribution in [1.82, 2.24) is 28.5 Å². The molecule has 16 nitrogen and oxygen atoms in total. The van der Waals surface area contributed by atoms with E-state index >= 15 is 0 Å². The molecule has 4 N–H and O–H groups in total. The average Bonchev–Trinajstić information content (AvgIpc) is 3.17. The maximum absolute atomic E-state index is 14.8. The second-order valence-electron chi connectivity index (χ2n) is 14.6.